The van der Waals surface area contributed by atoms with E-state index in [4.69, 9.17) is 20.6 Å². The molecular formula is C21H19N5O4S2. The Balaban J connectivity index is 1.57. The summed E-state index contributed by atoms with van der Waals surface area (Å²) in [6, 6.07) is 5.03. The first-order chi connectivity index (χ1) is 15.5. The maximum atomic E-state index is 12.8. The van der Waals surface area contributed by atoms with E-state index in [1.807, 2.05) is 21.7 Å². The van der Waals surface area contributed by atoms with Gasteiger partial charge in [0.25, 0.3) is 5.91 Å². The van der Waals surface area contributed by atoms with E-state index in [0.29, 0.717) is 53.8 Å². The Morgan fingerprint density at radius 1 is 1.19 bits per heavy atom. The normalized spacial score (nSPS) is 14.1. The van der Waals surface area contributed by atoms with Gasteiger partial charge >= 0.3 is 0 Å². The van der Waals surface area contributed by atoms with Gasteiger partial charge in [0.2, 0.25) is 5.43 Å². The molecule has 1 fully saturated rings. The third-order valence-corrected chi connectivity index (χ3v) is 7.00. The van der Waals surface area contributed by atoms with Crippen molar-refractivity contribution in [1.29, 1.82) is 0 Å². The number of primary amides is 1. The van der Waals surface area contributed by atoms with Crippen LogP contribution in [0.25, 0.3) is 20.7 Å². The van der Waals surface area contributed by atoms with Crippen LogP contribution < -0.4 is 27.1 Å². The van der Waals surface area contributed by atoms with E-state index in [1.54, 1.807) is 12.1 Å². The molecule has 0 saturated carbocycles. The van der Waals surface area contributed by atoms with E-state index in [2.05, 4.69) is 10.3 Å². The molecule has 4 aromatic rings. The molecule has 0 atom stereocenters. The Morgan fingerprint density at radius 2 is 2.00 bits per heavy atom. The summed E-state index contributed by atoms with van der Waals surface area (Å²) in [6.07, 6.45) is 1.38. The molecule has 0 aliphatic carbocycles. The highest BCUT2D eigenvalue weighted by Gasteiger charge is 2.21. The van der Waals surface area contributed by atoms with Gasteiger partial charge < -0.3 is 30.8 Å². The van der Waals surface area contributed by atoms with Crippen molar-refractivity contribution in [1.82, 2.24) is 4.98 Å². The van der Waals surface area contributed by atoms with E-state index in [0.717, 1.165) is 16.1 Å². The quantitative estimate of drug-likeness (QED) is 0.405. The van der Waals surface area contributed by atoms with E-state index in [1.165, 1.54) is 28.9 Å². The maximum Gasteiger partial charge on any atom is 0.269 e. The zero-order chi connectivity index (χ0) is 22.2. The Labute approximate surface area is 190 Å². The second-order valence-corrected chi connectivity index (χ2v) is 8.97. The maximum absolute atomic E-state index is 12.8. The average molecular weight is 470 g/mol. The van der Waals surface area contributed by atoms with Crippen molar-refractivity contribution in [3.8, 4) is 10.4 Å². The Morgan fingerprint density at radius 3 is 2.78 bits per heavy atom. The van der Waals surface area contributed by atoms with Crippen molar-refractivity contribution < 1.29 is 13.9 Å². The number of pyridine rings is 1. The first-order valence-corrected chi connectivity index (χ1v) is 11.6. The summed E-state index contributed by atoms with van der Waals surface area (Å²) in [5.41, 5.74) is 14.2. The molecule has 1 saturated heterocycles. The number of nitrogens with one attached hydrogen (secondary N) is 1. The van der Waals surface area contributed by atoms with Crippen LogP contribution in [0.2, 0.25) is 0 Å². The number of thiophene rings is 2. The Bertz CT molecular complexity index is 1370. The van der Waals surface area contributed by atoms with Crippen LogP contribution in [-0.2, 0) is 4.74 Å². The Kier molecular flexibility index (Phi) is 5.29. The number of nitrogen functional groups attached to an aromatic ring is 1. The molecule has 5 N–H and O–H groups in total. The number of carbonyl (C=O) groups excluding carboxylic acids is 1. The molecule has 0 unspecified atom stereocenters. The van der Waals surface area contributed by atoms with Crippen molar-refractivity contribution in [2.24, 2.45) is 5.73 Å². The van der Waals surface area contributed by atoms with Crippen LogP contribution in [0.4, 0.5) is 22.9 Å². The molecule has 11 heteroatoms. The first-order valence-electron chi connectivity index (χ1n) is 9.79. The molecule has 5 rings (SSSR count). The predicted molar refractivity (Wildman–Crippen MR) is 127 cm³/mol. The number of hydrogen-bond acceptors (Lipinski definition) is 10. The molecule has 0 radical (unpaired) electrons. The second-order valence-electron chi connectivity index (χ2n) is 7.17. The minimum Gasteiger partial charge on any atom is -0.439 e. The highest BCUT2D eigenvalue weighted by Crippen LogP contribution is 2.42. The fourth-order valence-electron chi connectivity index (χ4n) is 3.56. The predicted octanol–water partition coefficient (Wildman–Crippen LogP) is 3.24. The molecule has 1 aliphatic heterocycles. The van der Waals surface area contributed by atoms with Crippen LogP contribution in [0, 0.1) is 0 Å². The van der Waals surface area contributed by atoms with E-state index in [-0.39, 0.29) is 11.1 Å². The smallest absolute Gasteiger partial charge is 0.269 e. The van der Waals surface area contributed by atoms with Crippen LogP contribution in [-0.4, -0.2) is 37.2 Å². The van der Waals surface area contributed by atoms with E-state index < -0.39 is 5.91 Å². The topological polar surface area (TPSA) is 137 Å². The standard InChI is InChI=1S/C21H19N5O4S2/c22-11-7-14(17(21(23)28)24-9-11)25-13-1-6-31-19(13)12-10-32-20-15(27)8-16(30-18(12)20)26-2-4-29-5-3-26/h1,6-10,25H,2-5,22H2,(H2,23,28). The van der Waals surface area contributed by atoms with Gasteiger partial charge in [-0.25, -0.2) is 4.98 Å². The highest BCUT2D eigenvalue weighted by atomic mass is 32.1. The minimum absolute atomic E-state index is 0.0777. The lowest BCUT2D eigenvalue weighted by atomic mass is 10.2. The lowest BCUT2D eigenvalue weighted by Crippen LogP contribution is -2.36. The van der Waals surface area contributed by atoms with Gasteiger partial charge in [-0.15, -0.1) is 22.7 Å². The van der Waals surface area contributed by atoms with Crippen molar-refractivity contribution >= 4 is 61.8 Å². The molecular weight excluding hydrogens is 450 g/mol. The van der Waals surface area contributed by atoms with Gasteiger partial charge in [-0.3, -0.25) is 9.59 Å². The largest absolute Gasteiger partial charge is 0.439 e. The van der Waals surface area contributed by atoms with Crippen LogP contribution in [0.1, 0.15) is 10.5 Å². The number of nitrogens with zero attached hydrogens (tertiary/aromatic N) is 2. The van der Waals surface area contributed by atoms with Crippen molar-refractivity contribution in [3.63, 3.8) is 0 Å². The zero-order valence-electron chi connectivity index (χ0n) is 16.8. The molecule has 1 amide bonds. The van der Waals surface area contributed by atoms with Crippen LogP contribution in [0.5, 0.6) is 0 Å². The van der Waals surface area contributed by atoms with Gasteiger partial charge in [0, 0.05) is 30.1 Å². The summed E-state index contributed by atoms with van der Waals surface area (Å²) in [5, 5.41) is 7.03. The van der Waals surface area contributed by atoms with Crippen LogP contribution in [0.3, 0.4) is 0 Å². The third kappa shape index (κ3) is 3.70. The molecule has 0 aromatic carbocycles. The molecule has 0 spiro atoms. The van der Waals surface area contributed by atoms with Gasteiger partial charge in [-0.05, 0) is 17.5 Å². The SMILES string of the molecule is NC(=O)c1ncc(N)cc1Nc1ccsc1-c1csc2c(=O)cc(N3CCOCC3)oc12. The molecule has 164 valence electrons. The van der Waals surface area contributed by atoms with Gasteiger partial charge in [0.15, 0.2) is 17.2 Å². The second kappa shape index (κ2) is 8.26. The molecule has 0 bridgehead atoms. The summed E-state index contributed by atoms with van der Waals surface area (Å²) >= 11 is 2.83. The van der Waals surface area contributed by atoms with Crippen LogP contribution in [0.15, 0.2) is 44.4 Å². The number of fused-ring (bicyclic) bond motifs is 1. The Hall–Kier alpha value is -3.41. The summed E-state index contributed by atoms with van der Waals surface area (Å²) in [7, 11) is 0. The summed E-state index contributed by atoms with van der Waals surface area (Å²) in [6.45, 7) is 2.51. The van der Waals surface area contributed by atoms with E-state index in [9.17, 15) is 9.59 Å². The fraction of sp³-hybridized carbons (Fsp3) is 0.190. The van der Waals surface area contributed by atoms with E-state index >= 15 is 0 Å². The lowest BCUT2D eigenvalue weighted by Gasteiger charge is -2.27. The average Bonchev–Trinajstić information content (AvgIpc) is 3.41. The number of hydrogen-bond donors (Lipinski definition) is 3. The van der Waals surface area contributed by atoms with Crippen molar-refractivity contribution in [2.75, 3.05) is 42.3 Å². The summed E-state index contributed by atoms with van der Waals surface area (Å²) < 4.78 is 12.2. The van der Waals surface area contributed by atoms with Crippen LogP contribution >= 0.6 is 22.7 Å². The molecule has 4 aromatic heterocycles. The number of morpholine rings is 1. The number of anilines is 4. The number of nitrogens with two attached hydrogens (primary N) is 2. The molecule has 5 heterocycles. The molecule has 1 aliphatic rings. The van der Waals surface area contributed by atoms with Gasteiger partial charge in [0.05, 0.1) is 41.3 Å². The number of rotatable bonds is 5. The van der Waals surface area contributed by atoms with Gasteiger partial charge in [-0.1, -0.05) is 0 Å². The number of aromatic nitrogens is 1. The highest BCUT2D eigenvalue weighted by molar-refractivity contribution is 7.19. The number of ether oxygens (including phenoxy) is 1. The minimum atomic E-state index is -0.661. The van der Waals surface area contributed by atoms with Gasteiger partial charge in [0.1, 0.15) is 4.70 Å². The summed E-state index contributed by atoms with van der Waals surface area (Å²) in [5.74, 6) is -0.126. The third-order valence-electron chi connectivity index (χ3n) is 5.07. The first kappa shape index (κ1) is 20.5. The zero-order valence-corrected chi connectivity index (χ0v) is 18.4. The summed E-state index contributed by atoms with van der Waals surface area (Å²) in [4.78, 5) is 31.5. The van der Waals surface area contributed by atoms with Gasteiger partial charge in [-0.2, -0.15) is 0 Å². The number of carbonyl (C=O) groups is 1. The lowest BCUT2D eigenvalue weighted by molar-refractivity contribution is 0.0996. The molecule has 9 nitrogen and oxygen atoms in total. The van der Waals surface area contributed by atoms with Crippen molar-refractivity contribution in [2.45, 2.75) is 0 Å². The fourth-order valence-corrected chi connectivity index (χ4v) is 5.39. The molecule has 32 heavy (non-hydrogen) atoms. The number of amides is 1. The monoisotopic (exact) mass is 469 g/mol. The van der Waals surface area contributed by atoms with Crippen molar-refractivity contribution in [3.05, 3.63) is 51.1 Å².